The molecule has 0 saturated carbocycles. The molecule has 1 heterocycles. The molecule has 3 rings (SSSR count). The summed E-state index contributed by atoms with van der Waals surface area (Å²) < 4.78 is 18.6. The van der Waals surface area contributed by atoms with Gasteiger partial charge in [-0.1, -0.05) is 0 Å². The fraction of sp³-hybridized carbons (Fsp3) is 0.381. The monoisotopic (exact) mass is 387 g/mol. The first kappa shape index (κ1) is 20.1. The van der Waals surface area contributed by atoms with Gasteiger partial charge in [0.15, 0.2) is 0 Å². The molecule has 28 heavy (non-hydrogen) atoms. The van der Waals surface area contributed by atoms with E-state index in [9.17, 15) is 14.3 Å². The van der Waals surface area contributed by atoms with E-state index in [1.54, 1.807) is 24.3 Å². The standard InChI is InChI=1S/C21H26FN3O3/c22-17-3-5-18(6-4-17)25-13-11-24(12-14-25)10-9-19(26)15-28-20-7-1-16(2-8-20)21(23)27/h1-8,19,26H,9-15H2,(H2,23,27). The minimum Gasteiger partial charge on any atom is -0.491 e. The molecule has 1 fully saturated rings. The summed E-state index contributed by atoms with van der Waals surface area (Å²) in [6, 6.07) is 13.1. The molecule has 1 aliphatic rings. The summed E-state index contributed by atoms with van der Waals surface area (Å²) in [7, 11) is 0. The van der Waals surface area contributed by atoms with E-state index in [4.69, 9.17) is 10.5 Å². The SMILES string of the molecule is NC(=O)c1ccc(OCC(O)CCN2CCN(c3ccc(F)cc3)CC2)cc1. The van der Waals surface area contributed by atoms with Gasteiger partial charge in [-0.25, -0.2) is 4.39 Å². The third kappa shape index (κ3) is 5.68. The van der Waals surface area contributed by atoms with Crippen LogP contribution in [-0.4, -0.2) is 61.3 Å². The first-order chi connectivity index (χ1) is 13.5. The average molecular weight is 387 g/mol. The Kier molecular flexibility index (Phi) is 6.84. The first-order valence-corrected chi connectivity index (χ1v) is 9.45. The number of carbonyl (C=O) groups excluding carboxylic acids is 1. The minimum absolute atomic E-state index is 0.200. The van der Waals surface area contributed by atoms with Gasteiger partial charge in [0.1, 0.15) is 18.2 Å². The third-order valence-corrected chi connectivity index (χ3v) is 4.92. The number of amides is 1. The van der Waals surface area contributed by atoms with Gasteiger partial charge in [-0.3, -0.25) is 9.69 Å². The van der Waals surface area contributed by atoms with Gasteiger partial charge < -0.3 is 20.5 Å². The van der Waals surface area contributed by atoms with Crippen molar-refractivity contribution >= 4 is 11.6 Å². The van der Waals surface area contributed by atoms with Crippen molar-refractivity contribution in [1.29, 1.82) is 0 Å². The summed E-state index contributed by atoms with van der Waals surface area (Å²) in [6.45, 7) is 4.56. The second-order valence-electron chi connectivity index (χ2n) is 6.95. The van der Waals surface area contributed by atoms with Crippen LogP contribution in [0.3, 0.4) is 0 Å². The molecule has 3 N–H and O–H groups in total. The molecule has 0 bridgehead atoms. The predicted octanol–water partition coefficient (Wildman–Crippen LogP) is 1.88. The lowest BCUT2D eigenvalue weighted by molar-refractivity contribution is 0.0865. The quantitative estimate of drug-likeness (QED) is 0.723. The van der Waals surface area contributed by atoms with Crippen molar-refractivity contribution in [2.75, 3.05) is 44.2 Å². The molecule has 1 atom stereocenters. The van der Waals surface area contributed by atoms with E-state index in [1.807, 2.05) is 12.1 Å². The van der Waals surface area contributed by atoms with Crippen LogP contribution in [0.1, 0.15) is 16.8 Å². The fourth-order valence-corrected chi connectivity index (χ4v) is 3.20. The number of benzene rings is 2. The van der Waals surface area contributed by atoms with Crippen molar-refractivity contribution in [3.8, 4) is 5.75 Å². The molecular formula is C21H26FN3O3. The highest BCUT2D eigenvalue weighted by Gasteiger charge is 2.18. The smallest absolute Gasteiger partial charge is 0.248 e. The van der Waals surface area contributed by atoms with E-state index in [0.29, 0.717) is 17.7 Å². The number of ether oxygens (including phenoxy) is 1. The summed E-state index contributed by atoms with van der Waals surface area (Å²) in [5.74, 6) is -0.106. The van der Waals surface area contributed by atoms with Crippen molar-refractivity contribution in [2.45, 2.75) is 12.5 Å². The van der Waals surface area contributed by atoms with Crippen LogP contribution in [0, 0.1) is 5.82 Å². The van der Waals surface area contributed by atoms with E-state index < -0.39 is 12.0 Å². The Morgan fingerprint density at radius 2 is 1.71 bits per heavy atom. The maximum Gasteiger partial charge on any atom is 0.248 e. The molecule has 2 aromatic carbocycles. The van der Waals surface area contributed by atoms with Crippen LogP contribution < -0.4 is 15.4 Å². The Bertz CT molecular complexity index is 759. The van der Waals surface area contributed by atoms with E-state index in [1.165, 1.54) is 12.1 Å². The largest absolute Gasteiger partial charge is 0.491 e. The summed E-state index contributed by atoms with van der Waals surface area (Å²) >= 11 is 0. The Morgan fingerprint density at radius 3 is 2.32 bits per heavy atom. The number of nitrogens with two attached hydrogens (primary N) is 1. The molecule has 7 heteroatoms. The van der Waals surface area contributed by atoms with Crippen LogP contribution in [0.15, 0.2) is 48.5 Å². The highest BCUT2D eigenvalue weighted by Crippen LogP contribution is 2.17. The van der Waals surface area contributed by atoms with Gasteiger partial charge in [0.2, 0.25) is 5.91 Å². The molecule has 1 aliphatic heterocycles. The minimum atomic E-state index is -0.564. The number of rotatable bonds is 8. The molecule has 1 amide bonds. The highest BCUT2D eigenvalue weighted by atomic mass is 19.1. The summed E-state index contributed by atoms with van der Waals surface area (Å²) in [5.41, 5.74) is 6.66. The summed E-state index contributed by atoms with van der Waals surface area (Å²) in [5, 5.41) is 10.2. The molecule has 1 saturated heterocycles. The number of anilines is 1. The van der Waals surface area contributed by atoms with Gasteiger partial charge in [-0.15, -0.1) is 0 Å². The third-order valence-electron chi connectivity index (χ3n) is 4.92. The number of primary amides is 1. The van der Waals surface area contributed by atoms with Gasteiger partial charge >= 0.3 is 0 Å². The zero-order chi connectivity index (χ0) is 19.9. The first-order valence-electron chi connectivity index (χ1n) is 9.45. The van der Waals surface area contributed by atoms with Gasteiger partial charge in [-0.2, -0.15) is 0 Å². The van der Waals surface area contributed by atoms with Crippen LogP contribution in [0.2, 0.25) is 0 Å². The lowest BCUT2D eigenvalue weighted by atomic mass is 10.2. The second-order valence-corrected chi connectivity index (χ2v) is 6.95. The molecular weight excluding hydrogens is 361 g/mol. The number of aliphatic hydroxyl groups excluding tert-OH is 1. The van der Waals surface area contributed by atoms with Crippen molar-refractivity contribution < 1.29 is 19.0 Å². The topological polar surface area (TPSA) is 79.0 Å². The van der Waals surface area contributed by atoms with Crippen LogP contribution in [0.5, 0.6) is 5.75 Å². The lowest BCUT2D eigenvalue weighted by Crippen LogP contribution is -2.47. The Morgan fingerprint density at radius 1 is 1.07 bits per heavy atom. The summed E-state index contributed by atoms with van der Waals surface area (Å²) in [6.07, 6.45) is 0.0570. The number of hydrogen-bond donors (Lipinski definition) is 2. The normalized spacial score (nSPS) is 16.0. The molecule has 0 radical (unpaired) electrons. The fourth-order valence-electron chi connectivity index (χ4n) is 3.20. The molecule has 1 unspecified atom stereocenters. The Hall–Kier alpha value is -2.64. The zero-order valence-corrected chi connectivity index (χ0v) is 15.8. The maximum absolute atomic E-state index is 13.0. The number of nitrogens with zero attached hydrogens (tertiary/aromatic N) is 2. The van der Waals surface area contributed by atoms with Gasteiger partial charge in [-0.05, 0) is 55.0 Å². The van der Waals surface area contributed by atoms with Gasteiger partial charge in [0.25, 0.3) is 0 Å². The number of aliphatic hydroxyl groups is 1. The van der Waals surface area contributed by atoms with Crippen molar-refractivity contribution in [2.24, 2.45) is 5.73 Å². The number of halogens is 1. The number of carbonyl (C=O) groups is 1. The number of hydrogen-bond acceptors (Lipinski definition) is 5. The van der Waals surface area contributed by atoms with Gasteiger partial charge in [0, 0.05) is 44.0 Å². The van der Waals surface area contributed by atoms with Crippen molar-refractivity contribution in [3.05, 3.63) is 59.9 Å². The lowest BCUT2D eigenvalue weighted by Gasteiger charge is -2.36. The molecule has 2 aromatic rings. The Labute approximate surface area is 164 Å². The Balaban J connectivity index is 1.35. The molecule has 150 valence electrons. The molecule has 0 aromatic heterocycles. The second kappa shape index (κ2) is 9.52. The average Bonchev–Trinajstić information content (AvgIpc) is 2.72. The van der Waals surface area contributed by atoms with E-state index >= 15 is 0 Å². The van der Waals surface area contributed by atoms with Crippen molar-refractivity contribution in [1.82, 2.24) is 4.90 Å². The maximum atomic E-state index is 13.0. The number of piperazine rings is 1. The molecule has 0 aliphatic carbocycles. The van der Waals surface area contributed by atoms with Crippen LogP contribution >= 0.6 is 0 Å². The molecule has 6 nitrogen and oxygen atoms in total. The zero-order valence-electron chi connectivity index (χ0n) is 15.8. The van der Waals surface area contributed by atoms with E-state index in [-0.39, 0.29) is 12.4 Å². The van der Waals surface area contributed by atoms with E-state index in [0.717, 1.165) is 38.4 Å². The van der Waals surface area contributed by atoms with E-state index in [2.05, 4.69) is 9.80 Å². The summed E-state index contributed by atoms with van der Waals surface area (Å²) in [4.78, 5) is 15.6. The predicted molar refractivity (Wildman–Crippen MR) is 106 cm³/mol. The van der Waals surface area contributed by atoms with Crippen LogP contribution in [-0.2, 0) is 0 Å². The van der Waals surface area contributed by atoms with Crippen LogP contribution in [0.25, 0.3) is 0 Å². The molecule has 0 spiro atoms. The highest BCUT2D eigenvalue weighted by molar-refractivity contribution is 5.92. The van der Waals surface area contributed by atoms with Gasteiger partial charge in [0.05, 0.1) is 6.10 Å². The van der Waals surface area contributed by atoms with Crippen molar-refractivity contribution in [3.63, 3.8) is 0 Å². The van der Waals surface area contributed by atoms with Crippen LogP contribution in [0.4, 0.5) is 10.1 Å².